The summed E-state index contributed by atoms with van der Waals surface area (Å²) < 4.78 is 6.27. The van der Waals surface area contributed by atoms with Crippen molar-refractivity contribution in [1.29, 1.82) is 0 Å². The Labute approximate surface area is 183 Å². The molecule has 0 spiro atoms. The number of nitrogens with zero attached hydrogens (tertiary/aromatic N) is 2. The number of methoxy groups -OCH3 is 1. The highest BCUT2D eigenvalue weighted by Crippen LogP contribution is 2.41. The Morgan fingerprint density at radius 3 is 2.34 bits per heavy atom. The molecule has 1 aliphatic carbocycles. The summed E-state index contributed by atoms with van der Waals surface area (Å²) >= 11 is 3.76. The fraction of sp³-hybridized carbons (Fsp3) is 0.542. The second-order valence-electron chi connectivity index (χ2n) is 8.98. The zero-order valence-electron chi connectivity index (χ0n) is 18.0. The lowest BCUT2D eigenvalue weighted by Crippen LogP contribution is -2.40. The van der Waals surface area contributed by atoms with E-state index in [9.17, 15) is 0 Å². The van der Waals surface area contributed by atoms with Crippen molar-refractivity contribution in [1.82, 2.24) is 4.98 Å². The molecule has 0 radical (unpaired) electrons. The largest absolute Gasteiger partial charge is 0.378 e. The minimum atomic E-state index is 0.353. The average Bonchev–Trinajstić information content (AvgIpc) is 2.71. The van der Waals surface area contributed by atoms with Crippen molar-refractivity contribution in [3.8, 4) is 0 Å². The summed E-state index contributed by atoms with van der Waals surface area (Å²) in [5.74, 6) is 0.764. The molecule has 1 heterocycles. The van der Waals surface area contributed by atoms with Gasteiger partial charge >= 0.3 is 0 Å². The van der Waals surface area contributed by atoms with Crippen LogP contribution in [0, 0.1) is 11.3 Å². The van der Waals surface area contributed by atoms with Crippen LogP contribution in [0.1, 0.15) is 57.7 Å². The van der Waals surface area contributed by atoms with Crippen LogP contribution in [0.3, 0.4) is 0 Å². The van der Waals surface area contributed by atoms with E-state index in [2.05, 4.69) is 71.0 Å². The number of halogens is 1. The SMILES string of the molecule is COCc1nccc(N(OCc2ccccc2)[C@H]2CC[C@@H](C(C)(C)C)CC2)c1Br. The maximum absolute atomic E-state index is 6.42. The van der Waals surface area contributed by atoms with Gasteiger partial charge in [-0.2, -0.15) is 0 Å². The van der Waals surface area contributed by atoms with Gasteiger partial charge in [0.05, 0.1) is 35.1 Å². The van der Waals surface area contributed by atoms with E-state index in [1.165, 1.54) is 18.4 Å². The third kappa shape index (κ3) is 5.80. The maximum atomic E-state index is 6.42. The number of hydrogen-bond acceptors (Lipinski definition) is 4. The summed E-state index contributed by atoms with van der Waals surface area (Å²) in [7, 11) is 1.69. The second kappa shape index (κ2) is 10.1. The molecule has 4 nitrogen and oxygen atoms in total. The molecule has 0 N–H and O–H groups in total. The van der Waals surface area contributed by atoms with E-state index in [4.69, 9.17) is 9.57 Å². The van der Waals surface area contributed by atoms with Crippen LogP contribution in [0.5, 0.6) is 0 Å². The molecule has 1 aromatic carbocycles. The van der Waals surface area contributed by atoms with Crippen LogP contribution in [0.4, 0.5) is 5.69 Å². The fourth-order valence-electron chi connectivity index (χ4n) is 4.15. The summed E-state index contributed by atoms with van der Waals surface area (Å²) in [5.41, 5.74) is 3.45. The van der Waals surface area contributed by atoms with Gasteiger partial charge in [0.15, 0.2) is 0 Å². The van der Waals surface area contributed by atoms with E-state index in [0.29, 0.717) is 24.7 Å². The lowest BCUT2D eigenvalue weighted by atomic mass is 9.71. The first-order chi connectivity index (χ1) is 13.9. The molecule has 0 atom stereocenters. The van der Waals surface area contributed by atoms with Gasteiger partial charge in [-0.05, 0) is 64.6 Å². The van der Waals surface area contributed by atoms with E-state index < -0.39 is 0 Å². The number of hydrogen-bond donors (Lipinski definition) is 0. The monoisotopic (exact) mass is 460 g/mol. The Kier molecular flexibility index (Phi) is 7.72. The minimum absolute atomic E-state index is 0.353. The number of hydroxylamine groups is 1. The van der Waals surface area contributed by atoms with Gasteiger partial charge in [0.2, 0.25) is 0 Å². The van der Waals surface area contributed by atoms with Crippen LogP contribution < -0.4 is 5.06 Å². The van der Waals surface area contributed by atoms with Gasteiger partial charge in [-0.25, -0.2) is 5.06 Å². The average molecular weight is 461 g/mol. The van der Waals surface area contributed by atoms with Crippen molar-refractivity contribution in [3.05, 3.63) is 58.3 Å². The summed E-state index contributed by atoms with van der Waals surface area (Å²) in [6.07, 6.45) is 6.56. The lowest BCUT2D eigenvalue weighted by molar-refractivity contribution is 0.0500. The van der Waals surface area contributed by atoms with Gasteiger partial charge in [0, 0.05) is 13.3 Å². The molecule has 1 aromatic heterocycles. The summed E-state index contributed by atoms with van der Waals surface area (Å²) in [6, 6.07) is 12.7. The van der Waals surface area contributed by atoms with Crippen LogP contribution in [0.2, 0.25) is 0 Å². The number of pyridine rings is 1. The molecular formula is C24H33BrN2O2. The van der Waals surface area contributed by atoms with Crippen molar-refractivity contribution in [2.75, 3.05) is 12.2 Å². The standard InChI is InChI=1S/C24H33BrN2O2/c1-24(2,3)19-10-12-20(13-11-19)27(29-16-18-8-6-5-7-9-18)22-14-15-26-21(17-28-4)23(22)25/h5-9,14-15,19-20H,10-13,16-17H2,1-4H3/t19-,20+. The number of rotatable bonds is 7. The van der Waals surface area contributed by atoms with Crippen LogP contribution in [0.15, 0.2) is 47.1 Å². The number of aromatic nitrogens is 1. The Morgan fingerprint density at radius 1 is 1.03 bits per heavy atom. The first-order valence-corrected chi connectivity index (χ1v) is 11.3. The van der Waals surface area contributed by atoms with E-state index in [1.54, 1.807) is 7.11 Å². The van der Waals surface area contributed by atoms with Gasteiger partial charge in [-0.1, -0.05) is 51.1 Å². The fourth-order valence-corrected chi connectivity index (χ4v) is 4.67. The number of benzene rings is 1. The molecule has 1 fully saturated rings. The second-order valence-corrected chi connectivity index (χ2v) is 9.77. The zero-order valence-corrected chi connectivity index (χ0v) is 19.6. The predicted molar refractivity (Wildman–Crippen MR) is 122 cm³/mol. The van der Waals surface area contributed by atoms with E-state index in [0.717, 1.165) is 34.6 Å². The van der Waals surface area contributed by atoms with Gasteiger partial charge in [0.1, 0.15) is 0 Å². The molecule has 2 aromatic rings. The molecular weight excluding hydrogens is 428 g/mol. The minimum Gasteiger partial charge on any atom is -0.378 e. The molecule has 0 unspecified atom stereocenters. The van der Waals surface area contributed by atoms with Gasteiger partial charge in [0.25, 0.3) is 0 Å². The molecule has 0 aliphatic heterocycles. The first-order valence-electron chi connectivity index (χ1n) is 10.5. The zero-order chi connectivity index (χ0) is 20.9. The Hall–Kier alpha value is -1.43. The summed E-state index contributed by atoms with van der Waals surface area (Å²) in [6.45, 7) is 8.10. The molecule has 0 amide bonds. The van der Waals surface area contributed by atoms with Crippen LogP contribution >= 0.6 is 15.9 Å². The Morgan fingerprint density at radius 2 is 1.72 bits per heavy atom. The third-order valence-corrected chi connectivity index (χ3v) is 6.79. The van der Waals surface area contributed by atoms with E-state index in [-0.39, 0.29) is 0 Å². The van der Waals surface area contributed by atoms with Gasteiger partial charge in [-0.15, -0.1) is 0 Å². The van der Waals surface area contributed by atoms with Crippen LogP contribution in [0.25, 0.3) is 0 Å². The molecule has 1 aliphatic rings. The smallest absolute Gasteiger partial charge is 0.0999 e. The number of ether oxygens (including phenoxy) is 1. The normalized spacial score (nSPS) is 19.9. The van der Waals surface area contributed by atoms with Crippen molar-refractivity contribution in [3.63, 3.8) is 0 Å². The lowest BCUT2D eigenvalue weighted by Gasteiger charge is -2.41. The van der Waals surface area contributed by atoms with Crippen LogP contribution in [-0.2, 0) is 22.8 Å². The van der Waals surface area contributed by atoms with Crippen molar-refractivity contribution in [2.24, 2.45) is 11.3 Å². The highest BCUT2D eigenvalue weighted by Gasteiger charge is 2.33. The van der Waals surface area contributed by atoms with Crippen molar-refractivity contribution < 1.29 is 9.57 Å². The van der Waals surface area contributed by atoms with E-state index in [1.807, 2.05) is 18.3 Å². The van der Waals surface area contributed by atoms with Gasteiger partial charge in [-0.3, -0.25) is 9.82 Å². The molecule has 5 heteroatoms. The molecule has 1 saturated carbocycles. The predicted octanol–water partition coefficient (Wildman–Crippen LogP) is 6.53. The summed E-state index contributed by atoms with van der Waals surface area (Å²) in [4.78, 5) is 10.9. The highest BCUT2D eigenvalue weighted by molar-refractivity contribution is 9.10. The maximum Gasteiger partial charge on any atom is 0.0999 e. The van der Waals surface area contributed by atoms with Crippen LogP contribution in [-0.4, -0.2) is 18.1 Å². The topological polar surface area (TPSA) is 34.6 Å². The molecule has 158 valence electrons. The van der Waals surface area contributed by atoms with Crippen molar-refractivity contribution >= 4 is 21.6 Å². The highest BCUT2D eigenvalue weighted by atomic mass is 79.9. The molecule has 0 bridgehead atoms. The number of anilines is 1. The van der Waals surface area contributed by atoms with Gasteiger partial charge < -0.3 is 4.74 Å². The quantitative estimate of drug-likeness (QED) is 0.439. The third-order valence-electron chi connectivity index (χ3n) is 5.93. The van der Waals surface area contributed by atoms with Crippen molar-refractivity contribution in [2.45, 2.75) is 65.7 Å². The Bertz CT molecular complexity index is 768. The molecule has 29 heavy (non-hydrogen) atoms. The van der Waals surface area contributed by atoms with E-state index >= 15 is 0 Å². The molecule has 0 saturated heterocycles. The Balaban J connectivity index is 1.82. The first kappa shape index (κ1) is 22.3. The summed E-state index contributed by atoms with van der Waals surface area (Å²) in [5, 5.41) is 2.12. The molecule has 3 rings (SSSR count).